The van der Waals surface area contributed by atoms with E-state index in [0.717, 1.165) is 10.9 Å². The van der Waals surface area contributed by atoms with Crippen LogP contribution in [0.1, 0.15) is 26.3 Å². The maximum Gasteiger partial charge on any atom is 0.294 e. The summed E-state index contributed by atoms with van der Waals surface area (Å²) in [5.74, 6) is 0. The van der Waals surface area contributed by atoms with Crippen LogP contribution < -0.4 is 5.30 Å². The first-order valence-electron chi connectivity index (χ1n) is 6.32. The molecule has 1 aromatic carbocycles. The third kappa shape index (κ3) is 7.02. The molecule has 0 saturated carbocycles. The van der Waals surface area contributed by atoms with Gasteiger partial charge in [0, 0.05) is 0 Å². The zero-order valence-electron chi connectivity index (χ0n) is 12.0. The SMILES string of the molecule is CCN(CC)CC.Cc1ccc(S(=O)(=O)O)cc1P. The van der Waals surface area contributed by atoms with Crippen molar-refractivity contribution in [2.45, 2.75) is 32.6 Å². The molecule has 1 aromatic rings. The van der Waals surface area contributed by atoms with Crippen LogP contribution in [0.4, 0.5) is 0 Å². The third-order valence-electron chi connectivity index (χ3n) is 2.89. The highest BCUT2D eigenvalue weighted by molar-refractivity contribution is 7.85. The lowest BCUT2D eigenvalue weighted by Crippen LogP contribution is -2.21. The summed E-state index contributed by atoms with van der Waals surface area (Å²) in [5.41, 5.74) is 0.965. The second kappa shape index (κ2) is 8.64. The van der Waals surface area contributed by atoms with E-state index >= 15 is 0 Å². The van der Waals surface area contributed by atoms with Crippen molar-refractivity contribution in [3.05, 3.63) is 23.8 Å². The van der Waals surface area contributed by atoms with Gasteiger partial charge in [-0.25, -0.2) is 0 Å². The van der Waals surface area contributed by atoms with Crippen molar-refractivity contribution in [2.24, 2.45) is 0 Å². The standard InChI is InChI=1S/C7H9O3PS.C6H15N/c1-5-2-3-6(4-7(5)11)12(8,9)10;1-4-7(5-2)6-3/h2-4H,11H2,1H3,(H,8,9,10);4-6H2,1-3H3. The Hall–Kier alpha value is -0.480. The maximum absolute atomic E-state index is 10.6. The van der Waals surface area contributed by atoms with Crippen molar-refractivity contribution in [1.82, 2.24) is 4.90 Å². The van der Waals surface area contributed by atoms with Crippen molar-refractivity contribution >= 4 is 24.7 Å². The molecule has 0 amide bonds. The average Bonchev–Trinajstić information content (AvgIpc) is 2.34. The van der Waals surface area contributed by atoms with Gasteiger partial charge in [-0.15, -0.1) is 9.24 Å². The monoisotopic (exact) mass is 305 g/mol. The van der Waals surface area contributed by atoms with Gasteiger partial charge < -0.3 is 4.90 Å². The molecule has 0 aromatic heterocycles. The Kier molecular flexibility index (Phi) is 8.42. The van der Waals surface area contributed by atoms with E-state index in [1.54, 1.807) is 6.07 Å². The van der Waals surface area contributed by atoms with Gasteiger partial charge in [-0.1, -0.05) is 26.8 Å². The number of nitrogens with zero attached hydrogens (tertiary/aromatic N) is 1. The van der Waals surface area contributed by atoms with Crippen LogP contribution in [0, 0.1) is 6.92 Å². The molecule has 4 nitrogen and oxygen atoms in total. The highest BCUT2D eigenvalue weighted by atomic mass is 32.2. The number of hydrogen-bond acceptors (Lipinski definition) is 3. The Balaban J connectivity index is 0.000000399. The minimum atomic E-state index is -4.06. The molecule has 0 radical (unpaired) electrons. The molecule has 0 fully saturated rings. The van der Waals surface area contributed by atoms with Crippen LogP contribution in [0.3, 0.4) is 0 Å². The van der Waals surface area contributed by atoms with Crippen molar-refractivity contribution < 1.29 is 13.0 Å². The van der Waals surface area contributed by atoms with Gasteiger partial charge in [-0.3, -0.25) is 4.55 Å². The maximum atomic E-state index is 10.6. The van der Waals surface area contributed by atoms with Crippen LogP contribution in [-0.4, -0.2) is 37.5 Å². The summed E-state index contributed by atoms with van der Waals surface area (Å²) in [5, 5.41) is 0.769. The molecule has 1 rings (SSSR count). The van der Waals surface area contributed by atoms with E-state index < -0.39 is 10.1 Å². The lowest BCUT2D eigenvalue weighted by Gasteiger charge is -2.13. The fourth-order valence-electron chi connectivity index (χ4n) is 1.45. The molecule has 110 valence electrons. The van der Waals surface area contributed by atoms with Gasteiger partial charge in [0.2, 0.25) is 0 Å². The van der Waals surface area contributed by atoms with Crippen LogP contribution >= 0.6 is 9.24 Å². The zero-order valence-corrected chi connectivity index (χ0v) is 14.0. The molecule has 0 spiro atoms. The van der Waals surface area contributed by atoms with Gasteiger partial charge in [-0.2, -0.15) is 8.42 Å². The summed E-state index contributed by atoms with van der Waals surface area (Å²) in [6.07, 6.45) is 0. The Bertz CT molecular complexity index is 479. The molecule has 1 unspecified atom stereocenters. The molecule has 19 heavy (non-hydrogen) atoms. The van der Waals surface area contributed by atoms with E-state index in [4.69, 9.17) is 4.55 Å². The van der Waals surface area contributed by atoms with Crippen molar-refractivity contribution in [3.63, 3.8) is 0 Å². The number of aryl methyl sites for hydroxylation is 1. The van der Waals surface area contributed by atoms with E-state index in [1.807, 2.05) is 6.92 Å². The van der Waals surface area contributed by atoms with Crippen LogP contribution in [0.2, 0.25) is 0 Å². The summed E-state index contributed by atoms with van der Waals surface area (Å²) >= 11 is 0. The second-order valence-corrected chi connectivity index (χ2v) is 6.16. The van der Waals surface area contributed by atoms with Crippen LogP contribution in [0.15, 0.2) is 23.1 Å². The van der Waals surface area contributed by atoms with E-state index in [0.29, 0.717) is 0 Å². The Morgan fingerprint density at radius 3 is 1.89 bits per heavy atom. The molecule has 1 atom stereocenters. The Morgan fingerprint density at radius 1 is 1.16 bits per heavy atom. The normalized spacial score (nSPS) is 11.1. The number of benzene rings is 1. The summed E-state index contributed by atoms with van der Waals surface area (Å²) in [4.78, 5) is 2.30. The van der Waals surface area contributed by atoms with Gasteiger partial charge >= 0.3 is 0 Å². The number of rotatable bonds is 4. The van der Waals surface area contributed by atoms with Crippen molar-refractivity contribution in [1.29, 1.82) is 0 Å². The van der Waals surface area contributed by atoms with Gasteiger partial charge in [0.1, 0.15) is 0 Å². The zero-order chi connectivity index (χ0) is 15.1. The van der Waals surface area contributed by atoms with E-state index in [-0.39, 0.29) is 4.90 Å². The van der Waals surface area contributed by atoms with Crippen LogP contribution in [-0.2, 0) is 10.1 Å². The fraction of sp³-hybridized carbons (Fsp3) is 0.538. The molecular formula is C13H24NO3PS. The Morgan fingerprint density at radius 2 is 1.63 bits per heavy atom. The molecule has 0 saturated heterocycles. The van der Waals surface area contributed by atoms with E-state index in [9.17, 15) is 8.42 Å². The largest absolute Gasteiger partial charge is 0.304 e. The molecule has 0 bridgehead atoms. The predicted octanol–water partition coefficient (Wildman–Crippen LogP) is 2.09. The number of hydrogen-bond donors (Lipinski definition) is 1. The molecule has 0 heterocycles. The first-order valence-corrected chi connectivity index (χ1v) is 8.33. The Labute approximate surface area is 119 Å². The van der Waals surface area contributed by atoms with Crippen molar-refractivity contribution in [2.75, 3.05) is 19.6 Å². The predicted molar refractivity (Wildman–Crippen MR) is 83.8 cm³/mol. The van der Waals surface area contributed by atoms with E-state index in [1.165, 1.54) is 31.8 Å². The molecule has 6 heteroatoms. The quantitative estimate of drug-likeness (QED) is 0.683. The lowest BCUT2D eigenvalue weighted by molar-refractivity contribution is 0.321. The summed E-state index contributed by atoms with van der Waals surface area (Å²) < 4.78 is 30.0. The van der Waals surface area contributed by atoms with Crippen molar-refractivity contribution in [3.8, 4) is 0 Å². The summed E-state index contributed by atoms with van der Waals surface area (Å²) in [6.45, 7) is 12.0. The minimum Gasteiger partial charge on any atom is -0.304 e. The van der Waals surface area contributed by atoms with E-state index in [2.05, 4.69) is 34.9 Å². The van der Waals surface area contributed by atoms with Gasteiger partial charge in [0.15, 0.2) is 0 Å². The highest BCUT2D eigenvalue weighted by Crippen LogP contribution is 2.09. The highest BCUT2D eigenvalue weighted by Gasteiger charge is 2.09. The topological polar surface area (TPSA) is 57.6 Å². The average molecular weight is 305 g/mol. The van der Waals surface area contributed by atoms with Gasteiger partial charge in [0.25, 0.3) is 10.1 Å². The van der Waals surface area contributed by atoms with Crippen LogP contribution in [0.25, 0.3) is 0 Å². The van der Waals surface area contributed by atoms with Crippen LogP contribution in [0.5, 0.6) is 0 Å². The first kappa shape index (κ1) is 18.5. The van der Waals surface area contributed by atoms with Gasteiger partial charge in [0.05, 0.1) is 4.90 Å². The second-order valence-electron chi connectivity index (χ2n) is 4.11. The molecule has 0 aliphatic rings. The molecule has 0 aliphatic carbocycles. The first-order chi connectivity index (χ1) is 8.76. The smallest absolute Gasteiger partial charge is 0.294 e. The van der Waals surface area contributed by atoms with Gasteiger partial charge in [-0.05, 0) is 49.6 Å². The molecule has 0 aliphatic heterocycles. The fourth-order valence-corrected chi connectivity index (χ4v) is 2.36. The summed E-state index contributed by atoms with van der Waals surface area (Å²) in [6, 6.07) is 4.43. The molecular weight excluding hydrogens is 281 g/mol. The third-order valence-corrected chi connectivity index (χ3v) is 4.36. The summed E-state index contributed by atoms with van der Waals surface area (Å²) in [7, 11) is -1.65. The molecule has 1 N–H and O–H groups in total. The lowest BCUT2D eigenvalue weighted by atomic mass is 10.2. The minimum absolute atomic E-state index is 0.0712.